The van der Waals surface area contributed by atoms with Crippen LogP contribution in [0.3, 0.4) is 0 Å². The van der Waals surface area contributed by atoms with Gasteiger partial charge in [0.05, 0.1) is 0 Å². The van der Waals surface area contributed by atoms with Crippen molar-refractivity contribution in [3.05, 3.63) is 108 Å². The first kappa shape index (κ1) is 15.8. The van der Waals surface area contributed by atoms with E-state index in [9.17, 15) is 4.79 Å². The average molecular weight is 313 g/mol. The lowest BCUT2D eigenvalue weighted by molar-refractivity contribution is 0.103. The standard InChI is InChI=1S/C22H19NO/c24-22(19-13-5-2-6-14-19)20-15-7-8-16-21(20)23-17-9-12-18-10-3-1-4-11-18/h1-16,23H,17H2/b12-9+. The molecular weight excluding hydrogens is 294 g/mol. The summed E-state index contributed by atoms with van der Waals surface area (Å²) in [7, 11) is 0. The molecule has 0 spiro atoms. The van der Waals surface area contributed by atoms with Crippen LogP contribution in [-0.4, -0.2) is 12.3 Å². The van der Waals surface area contributed by atoms with Gasteiger partial charge in [-0.05, 0) is 17.7 Å². The second-order valence-electron chi connectivity index (χ2n) is 5.43. The van der Waals surface area contributed by atoms with Crippen molar-refractivity contribution in [1.82, 2.24) is 0 Å². The fourth-order valence-corrected chi connectivity index (χ4v) is 2.51. The van der Waals surface area contributed by atoms with Crippen molar-refractivity contribution < 1.29 is 4.79 Å². The quantitative estimate of drug-likeness (QED) is 0.646. The second kappa shape index (κ2) is 7.93. The Morgan fingerprint density at radius 3 is 2.17 bits per heavy atom. The van der Waals surface area contributed by atoms with Gasteiger partial charge < -0.3 is 5.32 Å². The zero-order chi connectivity index (χ0) is 16.6. The lowest BCUT2D eigenvalue weighted by Crippen LogP contribution is -2.07. The van der Waals surface area contributed by atoms with Crippen LogP contribution in [0.25, 0.3) is 6.08 Å². The van der Waals surface area contributed by atoms with Gasteiger partial charge in [0.15, 0.2) is 5.78 Å². The zero-order valence-corrected chi connectivity index (χ0v) is 13.4. The van der Waals surface area contributed by atoms with Gasteiger partial charge in [0.1, 0.15) is 0 Å². The number of anilines is 1. The largest absolute Gasteiger partial charge is 0.381 e. The first-order chi connectivity index (χ1) is 11.8. The van der Waals surface area contributed by atoms with Gasteiger partial charge in [-0.25, -0.2) is 0 Å². The van der Waals surface area contributed by atoms with E-state index in [2.05, 4.69) is 29.6 Å². The molecule has 2 heteroatoms. The van der Waals surface area contributed by atoms with Crippen molar-refractivity contribution >= 4 is 17.5 Å². The molecule has 0 bridgehead atoms. The highest BCUT2D eigenvalue weighted by Gasteiger charge is 2.12. The molecule has 2 nitrogen and oxygen atoms in total. The Bertz CT molecular complexity index is 823. The minimum atomic E-state index is 0.0331. The highest BCUT2D eigenvalue weighted by atomic mass is 16.1. The van der Waals surface area contributed by atoms with Crippen molar-refractivity contribution in [2.45, 2.75) is 0 Å². The van der Waals surface area contributed by atoms with E-state index in [0.29, 0.717) is 17.7 Å². The van der Waals surface area contributed by atoms with Crippen LogP contribution in [0.2, 0.25) is 0 Å². The monoisotopic (exact) mass is 313 g/mol. The third-order valence-electron chi connectivity index (χ3n) is 3.73. The summed E-state index contributed by atoms with van der Waals surface area (Å²) in [5, 5.41) is 3.33. The van der Waals surface area contributed by atoms with Gasteiger partial charge in [0.2, 0.25) is 0 Å². The smallest absolute Gasteiger partial charge is 0.195 e. The molecule has 0 heterocycles. The third kappa shape index (κ3) is 3.99. The molecule has 1 N–H and O–H groups in total. The fraction of sp³-hybridized carbons (Fsp3) is 0.0455. The number of ketones is 1. The summed E-state index contributed by atoms with van der Waals surface area (Å²) in [6.45, 7) is 0.661. The van der Waals surface area contributed by atoms with Crippen molar-refractivity contribution in [3.8, 4) is 0 Å². The molecule has 3 aromatic rings. The summed E-state index contributed by atoms with van der Waals surface area (Å²) in [5.41, 5.74) is 3.40. The normalized spacial score (nSPS) is 10.7. The third-order valence-corrected chi connectivity index (χ3v) is 3.73. The summed E-state index contributed by atoms with van der Waals surface area (Å²) in [4.78, 5) is 12.7. The highest BCUT2D eigenvalue weighted by molar-refractivity contribution is 6.12. The molecule has 0 aliphatic carbocycles. The van der Waals surface area contributed by atoms with Crippen molar-refractivity contribution in [3.63, 3.8) is 0 Å². The van der Waals surface area contributed by atoms with Crippen molar-refractivity contribution in [2.24, 2.45) is 0 Å². The number of para-hydroxylation sites is 1. The molecule has 0 aromatic heterocycles. The first-order valence-corrected chi connectivity index (χ1v) is 7.99. The van der Waals surface area contributed by atoms with Gasteiger partial charge in [0, 0.05) is 23.4 Å². The number of benzene rings is 3. The number of hydrogen-bond donors (Lipinski definition) is 1. The Morgan fingerprint density at radius 2 is 1.42 bits per heavy atom. The van der Waals surface area contributed by atoms with E-state index >= 15 is 0 Å². The highest BCUT2D eigenvalue weighted by Crippen LogP contribution is 2.19. The predicted molar refractivity (Wildman–Crippen MR) is 100 cm³/mol. The van der Waals surface area contributed by atoms with Crippen molar-refractivity contribution in [2.75, 3.05) is 11.9 Å². The van der Waals surface area contributed by atoms with Crippen LogP contribution in [0, 0.1) is 0 Å². The first-order valence-electron chi connectivity index (χ1n) is 7.99. The number of hydrogen-bond acceptors (Lipinski definition) is 2. The summed E-state index contributed by atoms with van der Waals surface area (Å²) in [5.74, 6) is 0.0331. The lowest BCUT2D eigenvalue weighted by Gasteiger charge is -2.10. The summed E-state index contributed by atoms with van der Waals surface area (Å²) >= 11 is 0. The molecule has 24 heavy (non-hydrogen) atoms. The Labute approximate surface area is 142 Å². The number of nitrogens with one attached hydrogen (secondary N) is 1. The molecule has 0 unspecified atom stereocenters. The average Bonchev–Trinajstić information content (AvgIpc) is 2.66. The van der Waals surface area contributed by atoms with Crippen LogP contribution < -0.4 is 5.32 Å². The molecule has 0 aliphatic heterocycles. The molecule has 3 rings (SSSR count). The summed E-state index contributed by atoms with van der Waals surface area (Å²) in [6, 6.07) is 27.1. The summed E-state index contributed by atoms with van der Waals surface area (Å²) in [6.07, 6.45) is 4.12. The van der Waals surface area contributed by atoms with Gasteiger partial charge in [-0.1, -0.05) is 84.9 Å². The van der Waals surface area contributed by atoms with Crippen molar-refractivity contribution in [1.29, 1.82) is 0 Å². The van der Waals surface area contributed by atoms with Crippen LogP contribution in [0.1, 0.15) is 21.5 Å². The van der Waals surface area contributed by atoms with E-state index in [4.69, 9.17) is 0 Å². The van der Waals surface area contributed by atoms with Gasteiger partial charge in [0.25, 0.3) is 0 Å². The van der Waals surface area contributed by atoms with E-state index in [1.807, 2.05) is 72.8 Å². The van der Waals surface area contributed by atoms with E-state index < -0.39 is 0 Å². The maximum Gasteiger partial charge on any atom is 0.195 e. The number of carbonyl (C=O) groups excluding carboxylic acids is 1. The Morgan fingerprint density at radius 1 is 0.792 bits per heavy atom. The van der Waals surface area contributed by atoms with Crippen LogP contribution >= 0.6 is 0 Å². The molecule has 0 amide bonds. The SMILES string of the molecule is O=C(c1ccccc1)c1ccccc1NC/C=C/c1ccccc1. The van der Waals surface area contributed by atoms with Gasteiger partial charge in [-0.15, -0.1) is 0 Å². The minimum absolute atomic E-state index is 0.0331. The van der Waals surface area contributed by atoms with Gasteiger partial charge in [-0.3, -0.25) is 4.79 Å². The fourth-order valence-electron chi connectivity index (χ4n) is 2.51. The second-order valence-corrected chi connectivity index (χ2v) is 5.43. The van der Waals surface area contributed by atoms with E-state index in [-0.39, 0.29) is 5.78 Å². The molecule has 0 saturated heterocycles. The molecule has 0 aliphatic rings. The molecular formula is C22H19NO. The maximum atomic E-state index is 12.7. The molecule has 0 saturated carbocycles. The minimum Gasteiger partial charge on any atom is -0.381 e. The Hall–Kier alpha value is -3.13. The molecule has 118 valence electrons. The molecule has 3 aromatic carbocycles. The van der Waals surface area contributed by atoms with E-state index in [0.717, 1.165) is 11.3 Å². The van der Waals surface area contributed by atoms with Crippen LogP contribution in [0.4, 0.5) is 5.69 Å². The molecule has 0 atom stereocenters. The molecule has 0 radical (unpaired) electrons. The van der Waals surface area contributed by atoms with Gasteiger partial charge in [-0.2, -0.15) is 0 Å². The van der Waals surface area contributed by atoms with Crippen LogP contribution in [0.5, 0.6) is 0 Å². The van der Waals surface area contributed by atoms with Crippen LogP contribution in [-0.2, 0) is 0 Å². The Balaban J connectivity index is 1.71. The summed E-state index contributed by atoms with van der Waals surface area (Å²) < 4.78 is 0. The topological polar surface area (TPSA) is 29.1 Å². The Kier molecular flexibility index (Phi) is 5.21. The predicted octanol–water partition coefficient (Wildman–Crippen LogP) is 5.04. The van der Waals surface area contributed by atoms with Gasteiger partial charge >= 0.3 is 0 Å². The van der Waals surface area contributed by atoms with E-state index in [1.54, 1.807) is 0 Å². The zero-order valence-electron chi connectivity index (χ0n) is 13.4. The van der Waals surface area contributed by atoms with E-state index in [1.165, 1.54) is 0 Å². The molecule has 0 fully saturated rings. The van der Waals surface area contributed by atoms with Crippen LogP contribution in [0.15, 0.2) is 91.0 Å². The number of carbonyl (C=O) groups is 1. The number of rotatable bonds is 6. The lowest BCUT2D eigenvalue weighted by atomic mass is 10.0. The maximum absolute atomic E-state index is 12.7.